The first-order valence-corrected chi connectivity index (χ1v) is 11.6. The second kappa shape index (κ2) is 8.22. The lowest BCUT2D eigenvalue weighted by molar-refractivity contribution is 0.527. The Kier molecular flexibility index (Phi) is 6.68. The molecular weight excluding hydrogens is 396 g/mol. The highest BCUT2D eigenvalue weighted by Gasteiger charge is 2.34. The summed E-state index contributed by atoms with van der Waals surface area (Å²) in [4.78, 5) is 0. The van der Waals surface area contributed by atoms with Gasteiger partial charge in [-0.2, -0.15) is 0 Å². The molecule has 26 heavy (non-hydrogen) atoms. The smallest absolute Gasteiger partial charge is 0.215 e. The van der Waals surface area contributed by atoms with Crippen LogP contribution in [0, 0.1) is 0 Å². The zero-order chi connectivity index (χ0) is 18.1. The summed E-state index contributed by atoms with van der Waals surface area (Å²) in [5, 5.41) is 1.40. The molecule has 1 unspecified atom stereocenters. The first-order valence-electron chi connectivity index (χ1n) is 8.21. The van der Waals surface area contributed by atoms with E-state index in [2.05, 4.69) is 4.72 Å². The minimum absolute atomic E-state index is 0. The standard InChI is InChI=1S/C17H22N2O4S2.ClH/c18-12-17(15-6-5-13-3-1-2-4-14(13)11-15)19-25(22,23)16-7-9-24(20,21)10-8-16;/h1-6,11,16-17,19H,7-10,12,18H2;1H. The molecule has 1 atom stereocenters. The Hall–Kier alpha value is -1.19. The minimum Gasteiger partial charge on any atom is -0.329 e. The number of hydrogen-bond acceptors (Lipinski definition) is 5. The number of sulfone groups is 1. The van der Waals surface area contributed by atoms with Crippen molar-refractivity contribution in [2.24, 2.45) is 5.73 Å². The second-order valence-corrected chi connectivity index (χ2v) is 10.7. The molecule has 9 heteroatoms. The lowest BCUT2D eigenvalue weighted by atomic mass is 10.0. The van der Waals surface area contributed by atoms with Crippen molar-refractivity contribution in [3.05, 3.63) is 48.0 Å². The van der Waals surface area contributed by atoms with Crippen LogP contribution in [0.2, 0.25) is 0 Å². The molecule has 2 aromatic rings. The maximum Gasteiger partial charge on any atom is 0.215 e. The largest absolute Gasteiger partial charge is 0.329 e. The third kappa shape index (κ3) is 4.75. The lowest BCUT2D eigenvalue weighted by Gasteiger charge is -2.25. The van der Waals surface area contributed by atoms with Gasteiger partial charge in [-0.3, -0.25) is 0 Å². The zero-order valence-electron chi connectivity index (χ0n) is 14.2. The highest BCUT2D eigenvalue weighted by Crippen LogP contribution is 2.24. The van der Waals surface area contributed by atoms with Crippen molar-refractivity contribution in [1.82, 2.24) is 4.72 Å². The first kappa shape index (κ1) is 21.1. The fourth-order valence-electron chi connectivity index (χ4n) is 3.15. The SMILES string of the molecule is Cl.NCC(NS(=O)(=O)C1CCS(=O)(=O)CC1)c1ccc2ccccc2c1. The Labute approximate surface area is 160 Å². The number of sulfonamides is 1. The summed E-state index contributed by atoms with van der Waals surface area (Å²) < 4.78 is 51.0. The van der Waals surface area contributed by atoms with Gasteiger partial charge in [0.2, 0.25) is 10.0 Å². The molecule has 3 rings (SSSR count). The molecule has 0 aliphatic carbocycles. The van der Waals surface area contributed by atoms with Crippen LogP contribution in [0.5, 0.6) is 0 Å². The normalized spacial score (nSPS) is 19.0. The Morgan fingerprint density at radius 2 is 1.69 bits per heavy atom. The van der Waals surface area contributed by atoms with Crippen molar-refractivity contribution in [3.8, 4) is 0 Å². The number of rotatable bonds is 5. The Morgan fingerprint density at radius 3 is 2.31 bits per heavy atom. The summed E-state index contributed by atoms with van der Waals surface area (Å²) in [5.74, 6) is -0.163. The molecule has 1 aliphatic rings. The summed E-state index contributed by atoms with van der Waals surface area (Å²) >= 11 is 0. The van der Waals surface area contributed by atoms with E-state index in [1.54, 1.807) is 0 Å². The van der Waals surface area contributed by atoms with Gasteiger partial charge in [-0.1, -0.05) is 36.4 Å². The van der Waals surface area contributed by atoms with Gasteiger partial charge in [0, 0.05) is 6.54 Å². The van der Waals surface area contributed by atoms with E-state index < -0.39 is 31.2 Å². The summed E-state index contributed by atoms with van der Waals surface area (Å²) in [5.41, 5.74) is 6.61. The van der Waals surface area contributed by atoms with E-state index in [0.717, 1.165) is 16.3 Å². The average molecular weight is 419 g/mol. The molecule has 0 radical (unpaired) electrons. The first-order chi connectivity index (χ1) is 11.8. The molecule has 1 saturated heterocycles. The molecule has 1 heterocycles. The average Bonchev–Trinajstić information content (AvgIpc) is 2.59. The van der Waals surface area contributed by atoms with Crippen LogP contribution in [0.1, 0.15) is 24.4 Å². The molecule has 144 valence electrons. The summed E-state index contributed by atoms with van der Waals surface area (Å²) in [6, 6.07) is 13.0. The number of halogens is 1. The molecule has 0 amide bonds. The van der Waals surface area contributed by atoms with Gasteiger partial charge in [0.15, 0.2) is 0 Å². The molecule has 6 nitrogen and oxygen atoms in total. The summed E-state index contributed by atoms with van der Waals surface area (Å²) in [7, 11) is -6.74. The van der Waals surface area contributed by atoms with Crippen molar-refractivity contribution < 1.29 is 16.8 Å². The Balaban J connectivity index is 0.00000243. The summed E-state index contributed by atoms with van der Waals surface area (Å²) in [6.07, 6.45) is 0.263. The molecule has 0 saturated carbocycles. The zero-order valence-corrected chi connectivity index (χ0v) is 16.6. The van der Waals surface area contributed by atoms with Gasteiger partial charge in [0.25, 0.3) is 0 Å². The van der Waals surface area contributed by atoms with Crippen molar-refractivity contribution in [1.29, 1.82) is 0 Å². The number of nitrogens with one attached hydrogen (secondary N) is 1. The van der Waals surface area contributed by atoms with Gasteiger partial charge < -0.3 is 5.73 Å². The molecule has 1 aliphatic heterocycles. The van der Waals surface area contributed by atoms with Crippen molar-refractivity contribution >= 4 is 43.0 Å². The lowest BCUT2D eigenvalue weighted by Crippen LogP contribution is -2.42. The Morgan fingerprint density at radius 1 is 1.08 bits per heavy atom. The maximum atomic E-state index is 12.6. The topological polar surface area (TPSA) is 106 Å². The molecule has 3 N–H and O–H groups in total. The van der Waals surface area contributed by atoms with E-state index in [4.69, 9.17) is 5.73 Å². The van der Waals surface area contributed by atoms with Gasteiger partial charge in [-0.25, -0.2) is 21.6 Å². The van der Waals surface area contributed by atoms with Gasteiger partial charge >= 0.3 is 0 Å². The second-order valence-electron chi connectivity index (χ2n) is 6.41. The highest BCUT2D eigenvalue weighted by atomic mass is 35.5. The molecule has 1 fully saturated rings. The van der Waals surface area contributed by atoms with Gasteiger partial charge in [0.05, 0.1) is 22.8 Å². The molecular formula is C17H23ClN2O4S2. The van der Waals surface area contributed by atoms with E-state index in [0.29, 0.717) is 0 Å². The van der Waals surface area contributed by atoms with Crippen LogP contribution in [0.25, 0.3) is 10.8 Å². The van der Waals surface area contributed by atoms with Crippen LogP contribution >= 0.6 is 12.4 Å². The summed E-state index contributed by atoms with van der Waals surface area (Å²) in [6.45, 7) is 0.128. The van der Waals surface area contributed by atoms with Gasteiger partial charge in [-0.05, 0) is 35.2 Å². The van der Waals surface area contributed by atoms with Crippen molar-refractivity contribution in [2.45, 2.75) is 24.1 Å². The fraction of sp³-hybridized carbons (Fsp3) is 0.412. The van der Waals surface area contributed by atoms with Crippen molar-refractivity contribution in [3.63, 3.8) is 0 Å². The quantitative estimate of drug-likeness (QED) is 0.769. The molecule has 0 spiro atoms. The van der Waals surface area contributed by atoms with Crippen molar-refractivity contribution in [2.75, 3.05) is 18.1 Å². The fourth-order valence-corrected chi connectivity index (χ4v) is 6.62. The van der Waals surface area contributed by atoms with E-state index >= 15 is 0 Å². The van der Waals surface area contributed by atoms with Crippen LogP contribution in [0.4, 0.5) is 0 Å². The molecule has 0 aromatic heterocycles. The van der Waals surface area contributed by atoms with E-state index in [-0.39, 0.29) is 43.3 Å². The number of nitrogens with two attached hydrogens (primary N) is 1. The van der Waals surface area contributed by atoms with E-state index in [9.17, 15) is 16.8 Å². The molecule has 2 aromatic carbocycles. The van der Waals surface area contributed by atoms with Crippen LogP contribution in [0.3, 0.4) is 0 Å². The predicted octanol–water partition coefficient (Wildman–Crippen LogP) is 1.76. The van der Waals surface area contributed by atoms with Crippen LogP contribution < -0.4 is 10.5 Å². The maximum absolute atomic E-state index is 12.6. The van der Waals surface area contributed by atoms with E-state index in [1.165, 1.54) is 0 Å². The van der Waals surface area contributed by atoms with Gasteiger partial charge in [-0.15, -0.1) is 12.4 Å². The number of benzene rings is 2. The highest BCUT2D eigenvalue weighted by molar-refractivity contribution is 7.92. The Bertz CT molecular complexity index is 963. The number of fused-ring (bicyclic) bond motifs is 1. The minimum atomic E-state index is -3.64. The van der Waals surface area contributed by atoms with Crippen LogP contribution in [-0.2, 0) is 19.9 Å². The van der Waals surface area contributed by atoms with Crippen LogP contribution in [0.15, 0.2) is 42.5 Å². The van der Waals surface area contributed by atoms with Crippen LogP contribution in [-0.4, -0.2) is 40.1 Å². The van der Waals surface area contributed by atoms with E-state index in [1.807, 2.05) is 42.5 Å². The third-order valence-corrected chi connectivity index (χ3v) is 8.34. The predicted molar refractivity (Wildman–Crippen MR) is 107 cm³/mol. The monoisotopic (exact) mass is 418 g/mol. The third-order valence-electron chi connectivity index (χ3n) is 4.66. The van der Waals surface area contributed by atoms with Gasteiger partial charge in [0.1, 0.15) is 9.84 Å². The molecule has 0 bridgehead atoms. The number of hydrogen-bond donors (Lipinski definition) is 2.